The Balaban J connectivity index is 2.52. The van der Waals surface area contributed by atoms with Crippen LogP contribution in [0.5, 0.6) is 0 Å². The number of alkyl halides is 2. The van der Waals surface area contributed by atoms with Crippen molar-refractivity contribution >= 4 is 17.5 Å². The summed E-state index contributed by atoms with van der Waals surface area (Å²) < 4.78 is 25.3. The molecule has 1 nitrogen and oxygen atoms in total. The Kier molecular flexibility index (Phi) is 3.86. The molecule has 14 heavy (non-hydrogen) atoms. The zero-order valence-electron chi connectivity index (χ0n) is 7.93. The van der Waals surface area contributed by atoms with E-state index < -0.39 is 5.92 Å². The highest BCUT2D eigenvalue weighted by Crippen LogP contribution is 2.26. The molecule has 0 saturated heterocycles. The van der Waals surface area contributed by atoms with Crippen molar-refractivity contribution in [2.75, 3.05) is 11.5 Å². The van der Waals surface area contributed by atoms with Crippen molar-refractivity contribution in [1.29, 1.82) is 0 Å². The lowest BCUT2D eigenvalue weighted by molar-refractivity contribution is -0.113. The van der Waals surface area contributed by atoms with Crippen LogP contribution < -0.4 is 0 Å². The summed E-state index contributed by atoms with van der Waals surface area (Å²) >= 11 is 1.50. The van der Waals surface area contributed by atoms with Crippen LogP contribution in [0.2, 0.25) is 0 Å². The van der Waals surface area contributed by atoms with Crippen LogP contribution in [0.4, 0.5) is 8.78 Å². The first-order valence-corrected chi connectivity index (χ1v) is 5.59. The largest absolute Gasteiger partial charge is 0.293 e. The fourth-order valence-electron chi connectivity index (χ4n) is 1.08. The van der Waals surface area contributed by atoms with Gasteiger partial charge in [-0.25, -0.2) is 8.78 Å². The summed E-state index contributed by atoms with van der Waals surface area (Å²) in [4.78, 5) is 11.4. The molecule has 0 saturated carbocycles. The van der Waals surface area contributed by atoms with Crippen molar-refractivity contribution in [2.24, 2.45) is 0 Å². The fraction of sp³-hybridized carbons (Fsp3) is 0.500. The molecule has 0 fully saturated rings. The Bertz CT molecular complexity index is 282. The molecule has 0 radical (unpaired) electrons. The molecule has 0 unspecified atom stereocenters. The van der Waals surface area contributed by atoms with Gasteiger partial charge in [-0.2, -0.15) is 11.8 Å². The highest BCUT2D eigenvalue weighted by atomic mass is 32.2. The van der Waals surface area contributed by atoms with Crippen LogP contribution >= 0.6 is 11.8 Å². The van der Waals surface area contributed by atoms with Crippen LogP contribution in [0.1, 0.15) is 13.3 Å². The Morgan fingerprint density at radius 1 is 1.64 bits per heavy atom. The minimum Gasteiger partial charge on any atom is -0.293 e. The minimum absolute atomic E-state index is 0.0661. The molecule has 0 aliphatic heterocycles. The van der Waals surface area contributed by atoms with Gasteiger partial charge in [0, 0.05) is 12.0 Å². The Morgan fingerprint density at radius 2 is 2.36 bits per heavy atom. The maximum atomic E-state index is 12.6. The zero-order chi connectivity index (χ0) is 10.6. The normalized spacial score (nSPS) is 19.2. The number of hydrogen-bond acceptors (Lipinski definition) is 2. The van der Waals surface area contributed by atoms with Crippen molar-refractivity contribution in [3.05, 3.63) is 23.8 Å². The van der Waals surface area contributed by atoms with Gasteiger partial charge in [0.15, 0.2) is 5.78 Å². The van der Waals surface area contributed by atoms with Gasteiger partial charge in [0.1, 0.15) is 0 Å². The standard InChI is InChI=1S/C10H12F2OS/c1-2-14-7-9(13)8-3-5-10(11,12)6-4-8/h3-5H,2,6-7H2,1H3. The third-order valence-corrected chi connectivity index (χ3v) is 2.73. The maximum Gasteiger partial charge on any atom is 0.270 e. The van der Waals surface area contributed by atoms with Crippen LogP contribution in [0.3, 0.4) is 0 Å². The summed E-state index contributed by atoms with van der Waals surface area (Å²) in [6.45, 7) is 1.96. The maximum absolute atomic E-state index is 12.6. The van der Waals surface area contributed by atoms with E-state index in [-0.39, 0.29) is 12.2 Å². The van der Waals surface area contributed by atoms with E-state index in [4.69, 9.17) is 0 Å². The van der Waals surface area contributed by atoms with Crippen LogP contribution in [-0.2, 0) is 4.79 Å². The van der Waals surface area contributed by atoms with Gasteiger partial charge in [0.05, 0.1) is 5.75 Å². The van der Waals surface area contributed by atoms with Crippen molar-refractivity contribution in [1.82, 2.24) is 0 Å². The average molecular weight is 218 g/mol. The van der Waals surface area contributed by atoms with E-state index in [9.17, 15) is 13.6 Å². The molecule has 0 aromatic heterocycles. The first-order chi connectivity index (χ1) is 6.55. The van der Waals surface area contributed by atoms with Crippen molar-refractivity contribution in [2.45, 2.75) is 19.3 Å². The van der Waals surface area contributed by atoms with Gasteiger partial charge in [-0.1, -0.05) is 13.0 Å². The summed E-state index contributed by atoms with van der Waals surface area (Å²) in [5.41, 5.74) is 0.414. The number of rotatable bonds is 4. The minimum atomic E-state index is -2.78. The number of ketones is 1. The predicted molar refractivity (Wildman–Crippen MR) is 54.8 cm³/mol. The van der Waals surface area contributed by atoms with Gasteiger partial charge in [0.25, 0.3) is 5.92 Å². The van der Waals surface area contributed by atoms with Crippen LogP contribution in [0, 0.1) is 0 Å². The van der Waals surface area contributed by atoms with E-state index in [0.717, 1.165) is 11.8 Å². The molecule has 0 spiro atoms. The van der Waals surface area contributed by atoms with E-state index in [1.807, 2.05) is 6.92 Å². The molecule has 0 N–H and O–H groups in total. The second-order valence-electron chi connectivity index (χ2n) is 3.02. The average Bonchev–Trinajstić information content (AvgIpc) is 2.14. The summed E-state index contributed by atoms with van der Waals surface area (Å²) in [6, 6.07) is 0. The molecule has 1 rings (SSSR count). The number of hydrogen-bond donors (Lipinski definition) is 0. The highest BCUT2D eigenvalue weighted by Gasteiger charge is 2.27. The van der Waals surface area contributed by atoms with Gasteiger partial charge in [-0.05, 0) is 17.9 Å². The SMILES string of the molecule is CCSCC(=O)C1=CCC(F)(F)C=C1. The topological polar surface area (TPSA) is 17.1 Å². The van der Waals surface area contributed by atoms with Gasteiger partial charge >= 0.3 is 0 Å². The highest BCUT2D eigenvalue weighted by molar-refractivity contribution is 7.99. The van der Waals surface area contributed by atoms with Gasteiger partial charge in [0.2, 0.25) is 0 Å². The van der Waals surface area contributed by atoms with Gasteiger partial charge in [-0.15, -0.1) is 0 Å². The summed E-state index contributed by atoms with van der Waals surface area (Å²) in [5.74, 6) is -1.61. The monoisotopic (exact) mass is 218 g/mol. The smallest absolute Gasteiger partial charge is 0.270 e. The first-order valence-electron chi connectivity index (χ1n) is 4.43. The Hall–Kier alpha value is -0.640. The zero-order valence-corrected chi connectivity index (χ0v) is 8.74. The lowest BCUT2D eigenvalue weighted by atomic mass is 10.0. The number of carbonyl (C=O) groups excluding carboxylic acids is 1. The van der Waals surface area contributed by atoms with Crippen molar-refractivity contribution in [3.8, 4) is 0 Å². The second kappa shape index (κ2) is 4.73. The van der Waals surface area contributed by atoms with Crippen molar-refractivity contribution in [3.63, 3.8) is 0 Å². The number of allylic oxidation sites excluding steroid dienone is 4. The Labute approximate surface area is 86.3 Å². The predicted octanol–water partition coefficient (Wildman–Crippen LogP) is 2.83. The quantitative estimate of drug-likeness (QED) is 0.721. The molecule has 1 aliphatic rings. The number of Topliss-reactive ketones (excluding diaryl/α,β-unsaturated/α-hetero) is 1. The summed E-state index contributed by atoms with van der Waals surface area (Å²) in [6.07, 6.45) is 2.98. The molecule has 78 valence electrons. The molecule has 0 amide bonds. The Morgan fingerprint density at radius 3 is 2.86 bits per heavy atom. The molecular weight excluding hydrogens is 206 g/mol. The van der Waals surface area contributed by atoms with E-state index in [1.165, 1.54) is 23.9 Å². The molecule has 4 heteroatoms. The third-order valence-electron chi connectivity index (χ3n) is 1.86. The van der Waals surface area contributed by atoms with E-state index in [1.54, 1.807) is 0 Å². The number of carbonyl (C=O) groups is 1. The molecule has 0 bridgehead atoms. The first kappa shape index (κ1) is 11.4. The lowest BCUT2D eigenvalue weighted by Crippen LogP contribution is -2.16. The number of halogens is 2. The lowest BCUT2D eigenvalue weighted by Gasteiger charge is -2.14. The fourth-order valence-corrected chi connectivity index (χ4v) is 1.63. The van der Waals surface area contributed by atoms with Gasteiger partial charge < -0.3 is 0 Å². The van der Waals surface area contributed by atoms with Gasteiger partial charge in [-0.3, -0.25) is 4.79 Å². The number of thioether (sulfide) groups is 1. The van der Waals surface area contributed by atoms with Crippen molar-refractivity contribution < 1.29 is 13.6 Å². The van der Waals surface area contributed by atoms with E-state index in [2.05, 4.69) is 0 Å². The molecular formula is C10H12F2OS. The molecule has 0 atom stereocenters. The molecule has 0 aromatic carbocycles. The van der Waals surface area contributed by atoms with Crippen LogP contribution in [0.15, 0.2) is 23.8 Å². The van der Waals surface area contributed by atoms with E-state index in [0.29, 0.717) is 11.3 Å². The molecule has 1 aliphatic carbocycles. The second-order valence-corrected chi connectivity index (χ2v) is 4.29. The van der Waals surface area contributed by atoms with Crippen LogP contribution in [-0.4, -0.2) is 23.2 Å². The van der Waals surface area contributed by atoms with Crippen LogP contribution in [0.25, 0.3) is 0 Å². The third kappa shape index (κ3) is 3.25. The van der Waals surface area contributed by atoms with E-state index >= 15 is 0 Å². The summed E-state index contributed by atoms with van der Waals surface area (Å²) in [5, 5.41) is 0. The molecule has 0 aromatic rings. The molecule has 0 heterocycles. The summed E-state index contributed by atoms with van der Waals surface area (Å²) in [7, 11) is 0.